The molecule has 144 valence electrons. The zero-order chi connectivity index (χ0) is 18.6. The number of hydrogen-bond acceptors (Lipinski definition) is 3. The molecule has 1 spiro atoms. The Hall–Kier alpha value is -2.04. The van der Waals surface area contributed by atoms with Gasteiger partial charge in [0.25, 0.3) is 5.91 Å². The molecule has 0 saturated heterocycles. The van der Waals surface area contributed by atoms with E-state index in [1.165, 1.54) is 12.8 Å². The standard InChI is InChI=1S/C22H28N2O3/c1-21-11-10-14(12-17(21)20(26)23-15-6-2-3-7-15)22(13-21)24-19(25)16-8-4-5-9-18(16)27-22/h4-5,8-9,14-15,17H,2-3,6-7,10-13H2,1H3,(H,23,26)(H,24,25)/t14-,17+,21+,22-/m0/s1. The van der Waals surface area contributed by atoms with Crippen molar-refractivity contribution in [3.63, 3.8) is 0 Å². The fraction of sp³-hybridized carbons (Fsp3) is 0.636. The predicted molar refractivity (Wildman–Crippen MR) is 101 cm³/mol. The van der Waals surface area contributed by atoms with Crippen molar-refractivity contribution >= 4 is 11.8 Å². The number of carbonyl (C=O) groups is 2. The second-order valence-electron chi connectivity index (χ2n) is 9.29. The van der Waals surface area contributed by atoms with Gasteiger partial charge in [0, 0.05) is 24.3 Å². The molecule has 0 unspecified atom stereocenters. The largest absolute Gasteiger partial charge is 0.467 e. The second-order valence-corrected chi connectivity index (χ2v) is 9.29. The number of carbonyl (C=O) groups excluding carboxylic acids is 2. The van der Waals surface area contributed by atoms with Crippen LogP contribution in [0, 0.1) is 17.3 Å². The highest BCUT2D eigenvalue weighted by Crippen LogP contribution is 2.58. The molecule has 2 N–H and O–H groups in total. The molecule has 5 heteroatoms. The van der Waals surface area contributed by atoms with Gasteiger partial charge in [0.15, 0.2) is 5.72 Å². The molecule has 4 aliphatic carbocycles. The van der Waals surface area contributed by atoms with E-state index in [1.54, 1.807) is 6.07 Å². The Morgan fingerprint density at radius 2 is 2.00 bits per heavy atom. The lowest BCUT2D eigenvalue weighted by Gasteiger charge is -2.59. The van der Waals surface area contributed by atoms with E-state index in [1.807, 2.05) is 18.2 Å². The molecule has 2 amide bonds. The summed E-state index contributed by atoms with van der Waals surface area (Å²) in [4.78, 5) is 25.8. The minimum absolute atomic E-state index is 0.0140. The van der Waals surface area contributed by atoms with E-state index in [-0.39, 0.29) is 29.1 Å². The van der Waals surface area contributed by atoms with Gasteiger partial charge in [-0.05, 0) is 49.7 Å². The number of hydrogen-bond donors (Lipinski definition) is 2. The minimum atomic E-state index is -0.664. The van der Waals surface area contributed by atoms with Gasteiger partial charge in [-0.1, -0.05) is 31.9 Å². The van der Waals surface area contributed by atoms with Gasteiger partial charge in [0.1, 0.15) is 5.75 Å². The number of benzene rings is 1. The molecule has 1 aromatic carbocycles. The van der Waals surface area contributed by atoms with Crippen LogP contribution in [0.4, 0.5) is 0 Å². The molecular weight excluding hydrogens is 340 g/mol. The lowest BCUT2D eigenvalue weighted by Crippen LogP contribution is -2.69. The first kappa shape index (κ1) is 17.1. The summed E-state index contributed by atoms with van der Waals surface area (Å²) in [6.45, 7) is 2.21. The van der Waals surface area contributed by atoms with Crippen molar-refractivity contribution in [3.8, 4) is 5.75 Å². The van der Waals surface area contributed by atoms with Crippen LogP contribution in [-0.2, 0) is 4.79 Å². The van der Waals surface area contributed by atoms with Crippen LogP contribution >= 0.6 is 0 Å². The fourth-order valence-corrected chi connectivity index (χ4v) is 6.03. The average molecular weight is 368 g/mol. The molecule has 1 aliphatic heterocycles. The van der Waals surface area contributed by atoms with Gasteiger partial charge in [0.2, 0.25) is 5.91 Å². The van der Waals surface area contributed by atoms with Crippen molar-refractivity contribution in [1.29, 1.82) is 0 Å². The minimum Gasteiger partial charge on any atom is -0.467 e. The number of amides is 2. The van der Waals surface area contributed by atoms with Gasteiger partial charge in [-0.25, -0.2) is 0 Å². The Morgan fingerprint density at radius 3 is 2.78 bits per heavy atom. The lowest BCUT2D eigenvalue weighted by molar-refractivity contribution is -0.167. The topological polar surface area (TPSA) is 67.4 Å². The molecule has 2 bridgehead atoms. The number of nitrogens with one attached hydrogen (secondary N) is 2. The first-order valence-corrected chi connectivity index (χ1v) is 10.4. The normalized spacial score (nSPS) is 37.6. The smallest absolute Gasteiger partial charge is 0.258 e. The Kier molecular flexibility index (Phi) is 3.78. The third-order valence-corrected chi connectivity index (χ3v) is 7.52. The fourth-order valence-electron chi connectivity index (χ4n) is 6.03. The quantitative estimate of drug-likeness (QED) is 0.841. The van der Waals surface area contributed by atoms with Crippen LogP contribution < -0.4 is 15.4 Å². The predicted octanol–water partition coefficient (Wildman–Crippen LogP) is 3.39. The molecule has 0 aromatic heterocycles. The van der Waals surface area contributed by atoms with Gasteiger partial charge in [0.05, 0.1) is 5.56 Å². The van der Waals surface area contributed by atoms with Gasteiger partial charge < -0.3 is 15.4 Å². The average Bonchev–Trinajstić information content (AvgIpc) is 3.14. The van der Waals surface area contributed by atoms with Gasteiger partial charge in [-0.15, -0.1) is 0 Å². The van der Waals surface area contributed by atoms with Gasteiger partial charge >= 0.3 is 0 Å². The number of para-hydroxylation sites is 1. The first-order valence-electron chi connectivity index (χ1n) is 10.4. The van der Waals surface area contributed by atoms with Crippen LogP contribution in [0.3, 0.4) is 0 Å². The van der Waals surface area contributed by atoms with Crippen LogP contribution in [0.5, 0.6) is 5.75 Å². The van der Waals surface area contributed by atoms with Crippen molar-refractivity contribution in [2.24, 2.45) is 17.3 Å². The highest BCUT2D eigenvalue weighted by atomic mass is 16.5. The maximum absolute atomic E-state index is 13.0. The van der Waals surface area contributed by atoms with Crippen molar-refractivity contribution < 1.29 is 14.3 Å². The summed E-state index contributed by atoms with van der Waals surface area (Å²) in [5.74, 6) is 1.02. The summed E-state index contributed by atoms with van der Waals surface area (Å²) < 4.78 is 6.43. The number of rotatable bonds is 2. The maximum Gasteiger partial charge on any atom is 0.258 e. The summed E-state index contributed by atoms with van der Waals surface area (Å²) in [5.41, 5.74) is -0.204. The van der Waals surface area contributed by atoms with Crippen LogP contribution in [0.15, 0.2) is 24.3 Å². The van der Waals surface area contributed by atoms with E-state index < -0.39 is 5.72 Å². The summed E-state index contributed by atoms with van der Waals surface area (Å²) in [5, 5.41) is 6.49. The van der Waals surface area contributed by atoms with E-state index in [9.17, 15) is 9.59 Å². The molecule has 4 fully saturated rings. The van der Waals surface area contributed by atoms with Crippen LogP contribution in [0.2, 0.25) is 0 Å². The third-order valence-electron chi connectivity index (χ3n) is 7.52. The zero-order valence-electron chi connectivity index (χ0n) is 15.9. The number of ether oxygens (including phenoxy) is 1. The molecule has 27 heavy (non-hydrogen) atoms. The molecule has 0 radical (unpaired) electrons. The summed E-state index contributed by atoms with van der Waals surface area (Å²) in [6, 6.07) is 7.81. The molecule has 1 heterocycles. The molecule has 4 saturated carbocycles. The van der Waals surface area contributed by atoms with Gasteiger partial charge in [-0.3, -0.25) is 9.59 Å². The monoisotopic (exact) mass is 368 g/mol. The third kappa shape index (κ3) is 2.66. The van der Waals surface area contributed by atoms with Crippen LogP contribution in [-0.4, -0.2) is 23.6 Å². The van der Waals surface area contributed by atoms with Crippen molar-refractivity contribution in [2.45, 2.75) is 70.1 Å². The highest BCUT2D eigenvalue weighted by molar-refractivity contribution is 5.98. The number of fused-ring (bicyclic) bond motifs is 3. The molecular formula is C22H28N2O3. The van der Waals surface area contributed by atoms with E-state index in [2.05, 4.69) is 17.6 Å². The first-order chi connectivity index (χ1) is 13.0. The van der Waals surface area contributed by atoms with Crippen LogP contribution in [0.1, 0.15) is 68.6 Å². The van der Waals surface area contributed by atoms with Crippen molar-refractivity contribution in [1.82, 2.24) is 10.6 Å². The van der Waals surface area contributed by atoms with Crippen LogP contribution in [0.25, 0.3) is 0 Å². The molecule has 6 rings (SSSR count). The summed E-state index contributed by atoms with van der Waals surface area (Å²) >= 11 is 0. The van der Waals surface area contributed by atoms with Gasteiger partial charge in [-0.2, -0.15) is 0 Å². The Labute approximate surface area is 160 Å². The molecule has 5 nitrogen and oxygen atoms in total. The lowest BCUT2D eigenvalue weighted by atomic mass is 9.52. The Balaban J connectivity index is 1.39. The van der Waals surface area contributed by atoms with E-state index in [4.69, 9.17) is 4.74 Å². The maximum atomic E-state index is 13.0. The SMILES string of the molecule is C[C@]12CC[C@@H](C[C@@H]1C(=O)NC1CCCC1)[C@@]1(C2)NC(=O)c2ccccc2O1. The molecule has 1 aromatic rings. The van der Waals surface area contributed by atoms with Crippen molar-refractivity contribution in [3.05, 3.63) is 29.8 Å². The van der Waals surface area contributed by atoms with E-state index in [0.717, 1.165) is 32.1 Å². The highest BCUT2D eigenvalue weighted by Gasteiger charge is 2.61. The summed E-state index contributed by atoms with van der Waals surface area (Å²) in [6.07, 6.45) is 8.16. The second kappa shape index (κ2) is 5.98. The Bertz CT molecular complexity index is 788. The summed E-state index contributed by atoms with van der Waals surface area (Å²) in [7, 11) is 0. The van der Waals surface area contributed by atoms with E-state index in [0.29, 0.717) is 23.8 Å². The van der Waals surface area contributed by atoms with Crippen molar-refractivity contribution in [2.75, 3.05) is 0 Å². The zero-order valence-corrected chi connectivity index (χ0v) is 15.9. The molecule has 5 aliphatic rings. The Morgan fingerprint density at radius 1 is 1.22 bits per heavy atom. The van der Waals surface area contributed by atoms with E-state index >= 15 is 0 Å². The molecule has 4 atom stereocenters.